The molecule has 1 aromatic heterocycles. The van der Waals surface area contributed by atoms with E-state index in [1.54, 1.807) is 25.1 Å². The van der Waals surface area contributed by atoms with Crippen LogP contribution < -0.4 is 0 Å². The summed E-state index contributed by atoms with van der Waals surface area (Å²) in [6, 6.07) is 14.7. The second kappa shape index (κ2) is 5.17. The molecule has 0 fully saturated rings. The summed E-state index contributed by atoms with van der Waals surface area (Å²) in [7, 11) is 0. The largest absolute Gasteiger partial charge is 0.457 e. The number of nitrogens with zero attached hydrogens (tertiary/aromatic N) is 1. The van der Waals surface area contributed by atoms with E-state index in [9.17, 15) is 4.79 Å². The van der Waals surface area contributed by atoms with Crippen LogP contribution >= 0.6 is 0 Å². The first-order valence-corrected chi connectivity index (χ1v) is 6.30. The maximum Gasteiger partial charge on any atom is 0.338 e. The zero-order chi connectivity index (χ0) is 13.9. The van der Waals surface area contributed by atoms with Crippen LogP contribution in [0.1, 0.15) is 21.8 Å². The van der Waals surface area contributed by atoms with Crippen molar-refractivity contribution < 1.29 is 13.9 Å². The SMILES string of the molecule is Cc1nc2ccc(C(=O)OCc3ccccc3)cc2o1. The van der Waals surface area contributed by atoms with Gasteiger partial charge in [-0.05, 0) is 23.8 Å². The van der Waals surface area contributed by atoms with Crippen molar-refractivity contribution >= 4 is 17.1 Å². The highest BCUT2D eigenvalue weighted by atomic mass is 16.5. The fourth-order valence-corrected chi connectivity index (χ4v) is 1.97. The second-order valence-corrected chi connectivity index (χ2v) is 4.48. The Bertz CT molecular complexity index is 747. The van der Waals surface area contributed by atoms with Crippen LogP contribution in [0, 0.1) is 6.92 Å². The van der Waals surface area contributed by atoms with E-state index >= 15 is 0 Å². The Hall–Kier alpha value is -2.62. The summed E-state index contributed by atoms with van der Waals surface area (Å²) < 4.78 is 10.7. The van der Waals surface area contributed by atoms with Gasteiger partial charge in [-0.25, -0.2) is 9.78 Å². The van der Waals surface area contributed by atoms with E-state index in [0.29, 0.717) is 17.0 Å². The average molecular weight is 267 g/mol. The predicted molar refractivity (Wildman–Crippen MR) is 74.3 cm³/mol. The lowest BCUT2D eigenvalue weighted by Crippen LogP contribution is -2.04. The Morgan fingerprint density at radius 2 is 2.00 bits per heavy atom. The van der Waals surface area contributed by atoms with Gasteiger partial charge in [-0.2, -0.15) is 0 Å². The Morgan fingerprint density at radius 3 is 2.80 bits per heavy atom. The van der Waals surface area contributed by atoms with Crippen molar-refractivity contribution in [2.24, 2.45) is 0 Å². The first kappa shape index (κ1) is 12.4. The predicted octanol–water partition coefficient (Wildman–Crippen LogP) is 3.49. The highest BCUT2D eigenvalue weighted by molar-refractivity contribution is 5.93. The molecular formula is C16H13NO3. The molecule has 0 N–H and O–H groups in total. The summed E-state index contributed by atoms with van der Waals surface area (Å²) in [5, 5.41) is 0. The van der Waals surface area contributed by atoms with Crippen LogP contribution in [0.25, 0.3) is 11.1 Å². The molecular weight excluding hydrogens is 254 g/mol. The number of carbonyl (C=O) groups excluding carboxylic acids is 1. The molecule has 0 saturated heterocycles. The van der Waals surface area contributed by atoms with Gasteiger partial charge in [0.25, 0.3) is 0 Å². The van der Waals surface area contributed by atoms with E-state index in [-0.39, 0.29) is 12.6 Å². The van der Waals surface area contributed by atoms with Crippen molar-refractivity contribution in [2.45, 2.75) is 13.5 Å². The number of hydrogen-bond donors (Lipinski definition) is 0. The molecule has 0 saturated carbocycles. The monoisotopic (exact) mass is 267 g/mol. The number of fused-ring (bicyclic) bond motifs is 1. The summed E-state index contributed by atoms with van der Waals surface area (Å²) in [6.07, 6.45) is 0. The van der Waals surface area contributed by atoms with Gasteiger partial charge in [0.1, 0.15) is 12.1 Å². The van der Waals surface area contributed by atoms with Gasteiger partial charge in [-0.15, -0.1) is 0 Å². The molecule has 3 aromatic rings. The van der Waals surface area contributed by atoms with Crippen LogP contribution in [0.4, 0.5) is 0 Å². The van der Waals surface area contributed by atoms with Crippen molar-refractivity contribution in [1.82, 2.24) is 4.98 Å². The molecule has 0 amide bonds. The van der Waals surface area contributed by atoms with E-state index in [4.69, 9.17) is 9.15 Å². The minimum Gasteiger partial charge on any atom is -0.457 e. The van der Waals surface area contributed by atoms with Crippen LogP contribution in [0.3, 0.4) is 0 Å². The third-order valence-corrected chi connectivity index (χ3v) is 2.94. The summed E-state index contributed by atoms with van der Waals surface area (Å²) in [5.41, 5.74) is 2.75. The van der Waals surface area contributed by atoms with Crippen molar-refractivity contribution in [3.8, 4) is 0 Å². The minimum atomic E-state index is -0.371. The summed E-state index contributed by atoms with van der Waals surface area (Å²) >= 11 is 0. The third kappa shape index (κ3) is 2.54. The van der Waals surface area contributed by atoms with Gasteiger partial charge >= 0.3 is 5.97 Å². The van der Waals surface area contributed by atoms with Crippen molar-refractivity contribution in [1.29, 1.82) is 0 Å². The Balaban J connectivity index is 1.75. The maximum atomic E-state index is 12.0. The molecule has 0 atom stereocenters. The number of esters is 1. The fourth-order valence-electron chi connectivity index (χ4n) is 1.97. The van der Waals surface area contributed by atoms with E-state index < -0.39 is 0 Å². The Labute approximate surface area is 116 Å². The van der Waals surface area contributed by atoms with Crippen molar-refractivity contribution in [3.05, 3.63) is 65.5 Å². The molecule has 3 rings (SSSR count). The summed E-state index contributed by atoms with van der Waals surface area (Å²) in [5.74, 6) is 0.208. The number of carbonyl (C=O) groups is 1. The number of hydrogen-bond acceptors (Lipinski definition) is 4. The Morgan fingerprint density at radius 1 is 1.20 bits per heavy atom. The third-order valence-electron chi connectivity index (χ3n) is 2.94. The van der Waals surface area contributed by atoms with Gasteiger partial charge < -0.3 is 9.15 Å². The topological polar surface area (TPSA) is 52.3 Å². The van der Waals surface area contributed by atoms with Crippen LogP contribution in [-0.4, -0.2) is 11.0 Å². The van der Waals surface area contributed by atoms with E-state index in [1.165, 1.54) is 0 Å². The molecule has 0 aliphatic carbocycles. The molecule has 0 spiro atoms. The number of oxazole rings is 1. The number of rotatable bonds is 3. The van der Waals surface area contributed by atoms with Gasteiger partial charge in [-0.1, -0.05) is 30.3 Å². The van der Waals surface area contributed by atoms with E-state index in [1.807, 2.05) is 30.3 Å². The second-order valence-electron chi connectivity index (χ2n) is 4.48. The fraction of sp³-hybridized carbons (Fsp3) is 0.125. The van der Waals surface area contributed by atoms with Gasteiger partial charge in [0.15, 0.2) is 11.5 Å². The van der Waals surface area contributed by atoms with Gasteiger partial charge in [0.05, 0.1) is 5.56 Å². The lowest BCUT2D eigenvalue weighted by molar-refractivity contribution is 0.0473. The summed E-state index contributed by atoms with van der Waals surface area (Å²) in [6.45, 7) is 2.03. The zero-order valence-corrected chi connectivity index (χ0v) is 11.0. The number of benzene rings is 2. The smallest absolute Gasteiger partial charge is 0.338 e. The quantitative estimate of drug-likeness (QED) is 0.681. The molecule has 0 aliphatic rings. The van der Waals surface area contributed by atoms with E-state index in [0.717, 1.165) is 11.1 Å². The molecule has 4 heteroatoms. The number of aryl methyl sites for hydroxylation is 1. The molecule has 0 radical (unpaired) electrons. The standard InChI is InChI=1S/C16H13NO3/c1-11-17-14-8-7-13(9-15(14)20-11)16(18)19-10-12-5-3-2-4-6-12/h2-9H,10H2,1H3. The molecule has 1 heterocycles. The molecule has 20 heavy (non-hydrogen) atoms. The average Bonchev–Trinajstić information content (AvgIpc) is 2.85. The zero-order valence-electron chi connectivity index (χ0n) is 11.0. The van der Waals surface area contributed by atoms with Crippen LogP contribution in [-0.2, 0) is 11.3 Å². The first-order valence-electron chi connectivity index (χ1n) is 6.30. The lowest BCUT2D eigenvalue weighted by Gasteiger charge is -2.04. The highest BCUT2D eigenvalue weighted by Gasteiger charge is 2.10. The Kier molecular flexibility index (Phi) is 3.21. The number of aromatic nitrogens is 1. The van der Waals surface area contributed by atoms with Crippen molar-refractivity contribution in [2.75, 3.05) is 0 Å². The van der Waals surface area contributed by atoms with Crippen molar-refractivity contribution in [3.63, 3.8) is 0 Å². The van der Waals surface area contributed by atoms with Gasteiger partial charge in [-0.3, -0.25) is 0 Å². The molecule has 4 nitrogen and oxygen atoms in total. The molecule has 100 valence electrons. The van der Waals surface area contributed by atoms with Crippen LogP contribution in [0.2, 0.25) is 0 Å². The normalized spacial score (nSPS) is 10.7. The van der Waals surface area contributed by atoms with Crippen LogP contribution in [0.15, 0.2) is 52.9 Å². The molecule has 2 aromatic carbocycles. The minimum absolute atomic E-state index is 0.257. The first-order chi connectivity index (χ1) is 9.72. The van der Waals surface area contributed by atoms with Gasteiger partial charge in [0.2, 0.25) is 0 Å². The molecule has 0 unspecified atom stereocenters. The highest BCUT2D eigenvalue weighted by Crippen LogP contribution is 2.17. The summed E-state index contributed by atoms with van der Waals surface area (Å²) in [4.78, 5) is 16.2. The molecule has 0 aliphatic heterocycles. The van der Waals surface area contributed by atoms with E-state index in [2.05, 4.69) is 4.98 Å². The maximum absolute atomic E-state index is 12.0. The number of ether oxygens (including phenoxy) is 1. The van der Waals surface area contributed by atoms with Gasteiger partial charge in [0, 0.05) is 6.92 Å². The van der Waals surface area contributed by atoms with Crippen LogP contribution in [0.5, 0.6) is 0 Å². The lowest BCUT2D eigenvalue weighted by atomic mass is 10.2. The molecule has 0 bridgehead atoms.